The van der Waals surface area contributed by atoms with Crippen LogP contribution in [0.25, 0.3) is 0 Å². The summed E-state index contributed by atoms with van der Waals surface area (Å²) in [7, 11) is 1.44. The van der Waals surface area contributed by atoms with Gasteiger partial charge in [0.05, 0.1) is 12.8 Å². The van der Waals surface area contributed by atoms with E-state index >= 15 is 0 Å². The van der Waals surface area contributed by atoms with Crippen LogP contribution in [0.5, 0.6) is 0 Å². The molecule has 0 aromatic heterocycles. The van der Waals surface area contributed by atoms with Crippen LogP contribution in [-0.4, -0.2) is 19.2 Å². The first-order valence-electron chi connectivity index (χ1n) is 5.29. The lowest BCUT2D eigenvalue weighted by molar-refractivity contribution is 0.171. The van der Waals surface area contributed by atoms with Gasteiger partial charge in [0.1, 0.15) is 0 Å². The molecule has 2 atom stereocenters. The third-order valence-corrected chi connectivity index (χ3v) is 3.54. The van der Waals surface area contributed by atoms with Gasteiger partial charge < -0.3 is 4.74 Å². The normalized spacial score (nSPS) is 26.6. The highest BCUT2D eigenvalue weighted by atomic mass is 16.5. The third kappa shape index (κ3) is 1.03. The van der Waals surface area contributed by atoms with Crippen molar-refractivity contribution in [1.29, 1.82) is 0 Å². The SMILES string of the molecule is COC(=O)N1c2ccccc2[C@@H]2CCC21. The molecule has 78 valence electrons. The van der Waals surface area contributed by atoms with Gasteiger partial charge in [0.25, 0.3) is 0 Å². The summed E-state index contributed by atoms with van der Waals surface area (Å²) in [4.78, 5) is 13.5. The largest absolute Gasteiger partial charge is 0.452 e. The molecule has 15 heavy (non-hydrogen) atoms. The standard InChI is InChI=1S/C12H13NO2/c1-15-12(14)13-10-5-3-2-4-8(10)9-6-7-11(9)13/h2-5,9,11H,6-7H2,1H3/t9-,11?/m0/s1. The highest BCUT2D eigenvalue weighted by Gasteiger charge is 2.47. The van der Waals surface area contributed by atoms with Crippen molar-refractivity contribution < 1.29 is 9.53 Å². The molecule has 1 aromatic carbocycles. The van der Waals surface area contributed by atoms with Crippen LogP contribution in [0.1, 0.15) is 24.3 Å². The maximum absolute atomic E-state index is 11.7. The number of para-hydroxylation sites is 1. The molecule has 0 N–H and O–H groups in total. The zero-order chi connectivity index (χ0) is 10.4. The van der Waals surface area contributed by atoms with Gasteiger partial charge in [0.15, 0.2) is 0 Å². The number of nitrogens with zero attached hydrogens (tertiary/aromatic N) is 1. The van der Waals surface area contributed by atoms with Crippen molar-refractivity contribution in [1.82, 2.24) is 0 Å². The van der Waals surface area contributed by atoms with Crippen molar-refractivity contribution in [2.24, 2.45) is 0 Å². The van der Waals surface area contributed by atoms with E-state index in [2.05, 4.69) is 6.07 Å². The number of hydrogen-bond acceptors (Lipinski definition) is 2. The van der Waals surface area contributed by atoms with Gasteiger partial charge in [-0.1, -0.05) is 18.2 Å². The molecule has 1 amide bonds. The minimum Gasteiger partial charge on any atom is -0.452 e. The van der Waals surface area contributed by atoms with E-state index in [4.69, 9.17) is 4.74 Å². The number of carbonyl (C=O) groups is 1. The average molecular weight is 203 g/mol. The Kier molecular flexibility index (Phi) is 1.75. The van der Waals surface area contributed by atoms with Gasteiger partial charge in [-0.05, 0) is 24.5 Å². The van der Waals surface area contributed by atoms with Crippen LogP contribution in [0.2, 0.25) is 0 Å². The number of ether oxygens (including phenoxy) is 1. The van der Waals surface area contributed by atoms with E-state index in [1.165, 1.54) is 19.1 Å². The molecule has 0 spiro atoms. The molecule has 3 heteroatoms. The first-order chi connectivity index (χ1) is 7.33. The molecule has 1 saturated carbocycles. The van der Waals surface area contributed by atoms with E-state index < -0.39 is 0 Å². The molecule has 1 fully saturated rings. The van der Waals surface area contributed by atoms with Gasteiger partial charge in [-0.15, -0.1) is 0 Å². The minimum absolute atomic E-state index is 0.227. The predicted octanol–water partition coefficient (Wildman–Crippen LogP) is 2.52. The van der Waals surface area contributed by atoms with Crippen LogP contribution in [0.3, 0.4) is 0 Å². The molecular formula is C12H13NO2. The molecule has 0 saturated heterocycles. The monoisotopic (exact) mass is 203 g/mol. The van der Waals surface area contributed by atoms with E-state index in [1.54, 1.807) is 0 Å². The van der Waals surface area contributed by atoms with Crippen LogP contribution in [0.4, 0.5) is 10.5 Å². The van der Waals surface area contributed by atoms with Gasteiger partial charge in [0, 0.05) is 12.0 Å². The molecule has 0 bridgehead atoms. The van der Waals surface area contributed by atoms with Crippen molar-refractivity contribution >= 4 is 11.8 Å². The van der Waals surface area contributed by atoms with Crippen molar-refractivity contribution in [2.75, 3.05) is 12.0 Å². The summed E-state index contributed by atoms with van der Waals surface area (Å²) >= 11 is 0. The number of anilines is 1. The molecule has 3 rings (SSSR count). The number of fused-ring (bicyclic) bond motifs is 3. The fourth-order valence-corrected chi connectivity index (χ4v) is 2.69. The number of amides is 1. The number of benzene rings is 1. The van der Waals surface area contributed by atoms with E-state index in [1.807, 2.05) is 23.1 Å². The summed E-state index contributed by atoms with van der Waals surface area (Å²) in [6, 6.07) is 8.48. The van der Waals surface area contributed by atoms with E-state index in [9.17, 15) is 4.79 Å². The third-order valence-electron chi connectivity index (χ3n) is 3.54. The summed E-state index contributed by atoms with van der Waals surface area (Å²) in [5, 5.41) is 0. The fourth-order valence-electron chi connectivity index (χ4n) is 2.69. The zero-order valence-electron chi connectivity index (χ0n) is 8.64. The van der Waals surface area contributed by atoms with Crippen LogP contribution in [0.15, 0.2) is 24.3 Å². The average Bonchev–Trinajstić information content (AvgIpc) is 2.45. The lowest BCUT2D eigenvalue weighted by Crippen LogP contribution is -2.43. The fraction of sp³-hybridized carbons (Fsp3) is 0.417. The van der Waals surface area contributed by atoms with E-state index in [0.717, 1.165) is 12.1 Å². The Morgan fingerprint density at radius 2 is 2.20 bits per heavy atom. The Labute approximate surface area is 88.6 Å². The lowest BCUT2D eigenvalue weighted by atomic mass is 9.78. The summed E-state index contributed by atoms with van der Waals surface area (Å²) in [5.41, 5.74) is 2.34. The lowest BCUT2D eigenvalue weighted by Gasteiger charge is -2.35. The van der Waals surface area contributed by atoms with Gasteiger partial charge in [-0.3, -0.25) is 4.90 Å². The van der Waals surface area contributed by atoms with Gasteiger partial charge in [-0.25, -0.2) is 4.79 Å². The maximum atomic E-state index is 11.7. The Hall–Kier alpha value is -1.51. The highest BCUT2D eigenvalue weighted by molar-refractivity contribution is 5.92. The minimum atomic E-state index is -0.227. The highest BCUT2D eigenvalue weighted by Crippen LogP contribution is 2.51. The number of carbonyl (C=O) groups excluding carboxylic acids is 1. The Morgan fingerprint density at radius 3 is 2.87 bits per heavy atom. The number of hydrogen-bond donors (Lipinski definition) is 0. The molecule has 0 radical (unpaired) electrons. The van der Waals surface area contributed by atoms with Crippen LogP contribution >= 0.6 is 0 Å². The van der Waals surface area contributed by atoms with Gasteiger partial charge in [0.2, 0.25) is 0 Å². The number of rotatable bonds is 0. The van der Waals surface area contributed by atoms with Crippen LogP contribution < -0.4 is 4.90 Å². The Balaban J connectivity index is 2.06. The molecule has 1 aromatic rings. The van der Waals surface area contributed by atoms with E-state index in [-0.39, 0.29) is 6.09 Å². The topological polar surface area (TPSA) is 29.5 Å². The van der Waals surface area contributed by atoms with Crippen molar-refractivity contribution in [3.05, 3.63) is 29.8 Å². The maximum Gasteiger partial charge on any atom is 0.414 e. The second kappa shape index (κ2) is 2.99. The van der Waals surface area contributed by atoms with Gasteiger partial charge >= 0.3 is 6.09 Å². The van der Waals surface area contributed by atoms with Crippen molar-refractivity contribution in [3.8, 4) is 0 Å². The quantitative estimate of drug-likeness (QED) is 0.648. The predicted molar refractivity (Wildman–Crippen MR) is 57.1 cm³/mol. The summed E-state index contributed by atoms with van der Waals surface area (Å²) in [5.74, 6) is 0.542. The molecule has 1 unspecified atom stereocenters. The summed E-state index contributed by atoms with van der Waals surface area (Å²) < 4.78 is 4.83. The van der Waals surface area contributed by atoms with Crippen molar-refractivity contribution in [2.45, 2.75) is 24.8 Å². The second-order valence-electron chi connectivity index (χ2n) is 4.15. The van der Waals surface area contributed by atoms with E-state index in [0.29, 0.717) is 12.0 Å². The molecule has 1 aliphatic carbocycles. The van der Waals surface area contributed by atoms with Crippen LogP contribution in [-0.2, 0) is 4.74 Å². The van der Waals surface area contributed by atoms with Crippen LogP contribution in [0, 0.1) is 0 Å². The first kappa shape index (κ1) is 8.77. The van der Waals surface area contributed by atoms with Crippen molar-refractivity contribution in [3.63, 3.8) is 0 Å². The Morgan fingerprint density at radius 1 is 1.40 bits per heavy atom. The smallest absolute Gasteiger partial charge is 0.414 e. The molecule has 3 nitrogen and oxygen atoms in total. The molecule has 1 heterocycles. The number of methoxy groups -OCH3 is 1. The molecule has 2 aliphatic rings. The molecule has 1 aliphatic heterocycles. The summed E-state index contributed by atoms with van der Waals surface area (Å²) in [6.07, 6.45) is 2.05. The molecular weight excluding hydrogens is 190 g/mol. The van der Waals surface area contributed by atoms with Gasteiger partial charge in [-0.2, -0.15) is 0 Å². The zero-order valence-corrected chi connectivity index (χ0v) is 8.64. The first-order valence-corrected chi connectivity index (χ1v) is 5.29. The Bertz CT molecular complexity index is 416. The second-order valence-corrected chi connectivity index (χ2v) is 4.15. The summed E-state index contributed by atoms with van der Waals surface area (Å²) in [6.45, 7) is 0.